The zero-order valence-electron chi connectivity index (χ0n) is 43.9. The highest BCUT2D eigenvalue weighted by molar-refractivity contribution is 7.00. The predicted octanol–water partition coefficient (Wildman–Crippen LogP) is 11.8. The van der Waals surface area contributed by atoms with Gasteiger partial charge in [0.15, 0.2) is 0 Å². The number of aromatic nitrogens is 2. The van der Waals surface area contributed by atoms with Crippen LogP contribution >= 0.6 is 0 Å². The standard InChI is InChI=1S/C57H37BN2/c1-30-20-21-50-39(22-30)40-24-32(3)27-48-53(40)59(50)55-43(36-17-11-13-34-12-5-6-14-35(34)36)29-47-56-51(55)58(48)49-28-33(4)25-42-41-23-31(2)26-46(52(41)60(56)54(42)49)57(47)44-18-9-7-15-37(44)38-16-8-10-19-45(38)57/h5-29H,1-4H3/i1D3,2D3,3D3,4D3. The summed E-state index contributed by atoms with van der Waals surface area (Å²) in [7, 11) is 0. The van der Waals surface area contributed by atoms with E-state index in [0.717, 1.165) is 83.2 Å². The third kappa shape index (κ3) is 3.41. The molecule has 0 amide bonds. The van der Waals surface area contributed by atoms with Gasteiger partial charge in [-0.25, -0.2) is 0 Å². The summed E-state index contributed by atoms with van der Waals surface area (Å²) in [6, 6.07) is 49.0. The van der Waals surface area contributed by atoms with Crippen molar-refractivity contribution in [1.82, 2.24) is 9.13 Å². The molecule has 3 heteroatoms. The largest absolute Gasteiger partial charge is 0.310 e. The van der Waals surface area contributed by atoms with Crippen molar-refractivity contribution in [1.29, 1.82) is 0 Å². The van der Waals surface area contributed by atoms with E-state index in [9.17, 15) is 0 Å². The number of nitrogens with zero attached hydrogens (tertiary/aromatic N) is 2. The summed E-state index contributed by atoms with van der Waals surface area (Å²) in [5, 5.41) is 4.34. The maximum atomic E-state index is 9.02. The molecule has 4 aliphatic rings. The normalized spacial score (nSPS) is 18.2. The van der Waals surface area contributed by atoms with E-state index in [-0.39, 0.29) is 22.3 Å². The first-order valence-corrected chi connectivity index (χ1v) is 20.5. The highest BCUT2D eigenvalue weighted by Gasteiger charge is 2.55. The molecule has 11 aromatic rings. The molecule has 0 saturated carbocycles. The van der Waals surface area contributed by atoms with Crippen molar-refractivity contribution in [3.05, 3.63) is 196 Å². The Labute approximate surface area is 364 Å². The Hall–Kier alpha value is -7.10. The second-order valence-electron chi connectivity index (χ2n) is 17.1. The molecule has 0 fully saturated rings. The Bertz CT molecular complexity index is 4310. The molecule has 1 aliphatic carbocycles. The van der Waals surface area contributed by atoms with Crippen molar-refractivity contribution in [2.75, 3.05) is 0 Å². The van der Waals surface area contributed by atoms with Crippen LogP contribution in [0.5, 0.6) is 0 Å². The highest BCUT2D eigenvalue weighted by Crippen LogP contribution is 2.62. The Kier molecular flexibility index (Phi) is 3.96. The van der Waals surface area contributed by atoms with Crippen molar-refractivity contribution >= 4 is 77.5 Å². The number of rotatable bonds is 1. The van der Waals surface area contributed by atoms with Crippen LogP contribution in [0.15, 0.2) is 152 Å². The first-order valence-electron chi connectivity index (χ1n) is 26.5. The Morgan fingerprint density at radius 2 is 1.02 bits per heavy atom. The summed E-state index contributed by atoms with van der Waals surface area (Å²) in [6.07, 6.45) is 0. The molecule has 15 rings (SSSR count). The van der Waals surface area contributed by atoms with Crippen molar-refractivity contribution in [2.24, 2.45) is 0 Å². The van der Waals surface area contributed by atoms with Crippen molar-refractivity contribution in [3.8, 4) is 33.6 Å². The van der Waals surface area contributed by atoms with Gasteiger partial charge in [0.05, 0.1) is 22.1 Å². The first-order chi connectivity index (χ1) is 34.3. The lowest BCUT2D eigenvalue weighted by Gasteiger charge is -2.45. The molecule has 9 aromatic carbocycles. The fraction of sp³-hybridized carbons (Fsp3) is 0.0877. The summed E-state index contributed by atoms with van der Waals surface area (Å²) >= 11 is 0. The van der Waals surface area contributed by atoms with E-state index >= 15 is 0 Å². The summed E-state index contributed by atoms with van der Waals surface area (Å²) in [5.74, 6) is 0. The zero-order chi connectivity index (χ0) is 49.5. The van der Waals surface area contributed by atoms with Crippen LogP contribution in [-0.2, 0) is 5.41 Å². The quantitative estimate of drug-likeness (QED) is 0.147. The maximum absolute atomic E-state index is 9.02. The van der Waals surface area contributed by atoms with E-state index < -0.39 is 39.5 Å². The molecule has 2 nitrogen and oxygen atoms in total. The van der Waals surface area contributed by atoms with Gasteiger partial charge in [-0.1, -0.05) is 138 Å². The van der Waals surface area contributed by atoms with Crippen LogP contribution < -0.4 is 16.4 Å². The summed E-state index contributed by atoms with van der Waals surface area (Å²) in [6.45, 7) is -11.0. The SMILES string of the molecule is [2H]C([2H])([2H])c1ccc2c(c1)c1cc(C([2H])([2H])[2H])cc3c1n2-c1c(-c2cccc4ccccc24)cc2c4c1B3c1cc(C([2H])([2H])[2H])cc3c5cc(C([2H])([2H])[2H])cc(c5n-4c13)C21c2ccccc2-c2ccccc21. The lowest BCUT2D eigenvalue weighted by atomic mass is 9.33. The minimum absolute atomic E-state index is 0.0694. The van der Waals surface area contributed by atoms with Gasteiger partial charge in [0.25, 0.3) is 6.71 Å². The molecule has 0 N–H and O–H groups in total. The topological polar surface area (TPSA) is 9.86 Å². The smallest absolute Gasteiger partial charge is 0.252 e. The molecular formula is C57H37BN2. The van der Waals surface area contributed by atoms with Crippen LogP contribution in [0.1, 0.15) is 61.0 Å². The Morgan fingerprint density at radius 1 is 0.417 bits per heavy atom. The lowest BCUT2D eigenvalue weighted by Crippen LogP contribution is -2.60. The number of aryl methyl sites for hydroxylation is 4. The van der Waals surface area contributed by atoms with Crippen LogP contribution in [0.3, 0.4) is 0 Å². The molecular weight excluding hydrogens is 723 g/mol. The summed E-state index contributed by atoms with van der Waals surface area (Å²) < 4.78 is 111. The van der Waals surface area contributed by atoms with Crippen LogP contribution in [0, 0.1) is 27.4 Å². The average Bonchev–Trinajstić information content (AvgIpc) is 3.96. The predicted molar refractivity (Wildman–Crippen MR) is 253 cm³/mol. The van der Waals surface area contributed by atoms with E-state index in [4.69, 9.17) is 16.4 Å². The molecule has 5 heterocycles. The minimum Gasteiger partial charge on any atom is -0.310 e. The first kappa shape index (κ1) is 22.9. The van der Waals surface area contributed by atoms with E-state index in [1.807, 2.05) is 54.6 Å². The molecule has 0 bridgehead atoms. The lowest BCUT2D eigenvalue weighted by molar-refractivity contribution is 0.748. The monoisotopic (exact) mass is 772 g/mol. The summed E-state index contributed by atoms with van der Waals surface area (Å²) in [5.41, 5.74) is 13.3. The molecule has 3 aliphatic heterocycles. The number of hydrogen-bond donors (Lipinski definition) is 0. The zero-order valence-corrected chi connectivity index (χ0v) is 31.9. The van der Waals surface area contributed by atoms with Gasteiger partial charge in [-0.2, -0.15) is 0 Å². The molecule has 1 spiro atoms. The average molecular weight is 773 g/mol. The fourth-order valence-corrected chi connectivity index (χ4v) is 12.5. The van der Waals surface area contributed by atoms with E-state index in [2.05, 4.69) is 63.7 Å². The molecule has 0 atom stereocenters. The molecule has 2 aromatic heterocycles. The number of fused-ring (bicyclic) bond motifs is 15. The molecule has 60 heavy (non-hydrogen) atoms. The third-order valence-corrected chi connectivity index (χ3v) is 14.4. The minimum atomic E-state index is -2.60. The number of benzene rings is 9. The van der Waals surface area contributed by atoms with Crippen molar-refractivity contribution in [3.63, 3.8) is 0 Å². The van der Waals surface area contributed by atoms with Crippen molar-refractivity contribution < 1.29 is 16.4 Å². The van der Waals surface area contributed by atoms with E-state index in [0.29, 0.717) is 43.5 Å². The van der Waals surface area contributed by atoms with Crippen LogP contribution in [-0.4, -0.2) is 15.8 Å². The Morgan fingerprint density at radius 3 is 1.77 bits per heavy atom. The molecule has 0 radical (unpaired) electrons. The van der Waals surface area contributed by atoms with Crippen molar-refractivity contribution in [2.45, 2.75) is 32.8 Å². The van der Waals surface area contributed by atoms with Crippen LogP contribution in [0.4, 0.5) is 0 Å². The van der Waals surface area contributed by atoms with Crippen LogP contribution in [0.25, 0.3) is 88.0 Å². The second kappa shape index (κ2) is 10.4. The second-order valence-corrected chi connectivity index (χ2v) is 17.1. The summed E-state index contributed by atoms with van der Waals surface area (Å²) in [4.78, 5) is 0. The molecule has 0 saturated heterocycles. The highest BCUT2D eigenvalue weighted by atomic mass is 15.1. The van der Waals surface area contributed by atoms with Gasteiger partial charge in [0.1, 0.15) is 0 Å². The molecule has 278 valence electrons. The van der Waals surface area contributed by atoms with Gasteiger partial charge < -0.3 is 9.13 Å². The van der Waals surface area contributed by atoms with Gasteiger partial charge in [0, 0.05) is 60.3 Å². The van der Waals surface area contributed by atoms with Gasteiger partial charge in [-0.3, -0.25) is 0 Å². The van der Waals surface area contributed by atoms with Gasteiger partial charge >= 0.3 is 0 Å². The fourth-order valence-electron chi connectivity index (χ4n) is 12.5. The van der Waals surface area contributed by atoms with Crippen LogP contribution in [0.2, 0.25) is 0 Å². The van der Waals surface area contributed by atoms with Gasteiger partial charge in [0.2, 0.25) is 0 Å². The van der Waals surface area contributed by atoms with E-state index in [1.54, 1.807) is 42.5 Å². The van der Waals surface area contributed by atoms with Gasteiger partial charge in [-0.05, 0) is 130 Å². The van der Waals surface area contributed by atoms with E-state index in [1.165, 1.54) is 0 Å². The molecule has 0 unspecified atom stereocenters. The third-order valence-electron chi connectivity index (χ3n) is 14.4. The maximum Gasteiger partial charge on any atom is 0.252 e. The number of hydrogen-bond acceptors (Lipinski definition) is 0. The Balaban J connectivity index is 1.27. The van der Waals surface area contributed by atoms with Gasteiger partial charge in [-0.15, -0.1) is 0 Å².